The van der Waals surface area contributed by atoms with Crippen LogP contribution in [-0.4, -0.2) is 17.1 Å². The molecule has 1 heterocycles. The average molecular weight is 224 g/mol. The normalized spacial score (nSPS) is 10.5. The van der Waals surface area contributed by atoms with Gasteiger partial charge in [0.15, 0.2) is 0 Å². The Kier molecular flexibility index (Phi) is 2.62. The predicted molar refractivity (Wildman–Crippen MR) is 60.4 cm³/mol. The molecule has 3 N–H and O–H groups in total. The zero-order valence-corrected chi connectivity index (χ0v) is 8.66. The van der Waals surface area contributed by atoms with E-state index >= 15 is 0 Å². The summed E-state index contributed by atoms with van der Waals surface area (Å²) in [6.07, 6.45) is 1.76. The fourth-order valence-corrected chi connectivity index (χ4v) is 1.57. The molecule has 2 aromatic rings. The number of nitrogens with two attached hydrogens (primary N) is 1. The number of aromatic nitrogens is 1. The third kappa shape index (κ3) is 1.95. The molecule has 0 radical (unpaired) electrons. The van der Waals surface area contributed by atoms with E-state index in [4.69, 9.17) is 17.3 Å². The maximum Gasteiger partial charge on any atom is 0.252 e. The SMILES string of the molecule is NCC(=O)Nn1ccc2cc(Cl)ccc21. The van der Waals surface area contributed by atoms with Gasteiger partial charge in [0, 0.05) is 16.6 Å². The number of hydrogen-bond acceptors (Lipinski definition) is 2. The highest BCUT2D eigenvalue weighted by molar-refractivity contribution is 6.31. The van der Waals surface area contributed by atoms with Gasteiger partial charge in [0.2, 0.25) is 0 Å². The quantitative estimate of drug-likeness (QED) is 0.807. The minimum atomic E-state index is -0.234. The smallest absolute Gasteiger partial charge is 0.252 e. The number of carbonyl (C=O) groups excluding carboxylic acids is 1. The van der Waals surface area contributed by atoms with Crippen LogP contribution in [0.3, 0.4) is 0 Å². The lowest BCUT2D eigenvalue weighted by Gasteiger charge is -2.06. The van der Waals surface area contributed by atoms with Crippen LogP contribution in [0.4, 0.5) is 0 Å². The van der Waals surface area contributed by atoms with Gasteiger partial charge in [0.05, 0.1) is 12.1 Å². The Morgan fingerprint density at radius 1 is 1.47 bits per heavy atom. The third-order valence-electron chi connectivity index (χ3n) is 2.08. The van der Waals surface area contributed by atoms with Crippen LogP contribution in [0.15, 0.2) is 30.5 Å². The molecule has 0 spiro atoms. The first kappa shape index (κ1) is 10.0. The van der Waals surface area contributed by atoms with Crippen LogP contribution in [0.1, 0.15) is 0 Å². The lowest BCUT2D eigenvalue weighted by atomic mass is 10.2. The summed E-state index contributed by atoms with van der Waals surface area (Å²) in [6, 6.07) is 7.32. The molecular formula is C10H10ClN3O. The number of carbonyl (C=O) groups is 1. The molecule has 0 bridgehead atoms. The van der Waals surface area contributed by atoms with Crippen molar-refractivity contribution in [3.63, 3.8) is 0 Å². The monoisotopic (exact) mass is 223 g/mol. The van der Waals surface area contributed by atoms with Crippen molar-refractivity contribution in [2.24, 2.45) is 5.73 Å². The first-order chi connectivity index (χ1) is 7.20. The summed E-state index contributed by atoms with van der Waals surface area (Å²) >= 11 is 5.84. The zero-order chi connectivity index (χ0) is 10.8. The number of nitrogens with zero attached hydrogens (tertiary/aromatic N) is 1. The Hall–Kier alpha value is -1.52. The van der Waals surface area contributed by atoms with E-state index in [9.17, 15) is 4.79 Å². The van der Waals surface area contributed by atoms with Crippen LogP contribution in [0.25, 0.3) is 10.9 Å². The second kappa shape index (κ2) is 3.92. The number of rotatable bonds is 2. The molecule has 2 rings (SSSR count). The molecule has 0 fully saturated rings. The maximum absolute atomic E-state index is 11.1. The summed E-state index contributed by atoms with van der Waals surface area (Å²) in [7, 11) is 0. The Morgan fingerprint density at radius 3 is 3.00 bits per heavy atom. The molecule has 5 heteroatoms. The molecule has 4 nitrogen and oxygen atoms in total. The van der Waals surface area contributed by atoms with Crippen LogP contribution in [0, 0.1) is 0 Å². The summed E-state index contributed by atoms with van der Waals surface area (Å²) in [5.74, 6) is -0.234. The molecular weight excluding hydrogens is 214 g/mol. The summed E-state index contributed by atoms with van der Waals surface area (Å²) in [5.41, 5.74) is 8.74. The van der Waals surface area contributed by atoms with E-state index in [2.05, 4.69) is 5.43 Å². The van der Waals surface area contributed by atoms with Crippen molar-refractivity contribution in [1.29, 1.82) is 0 Å². The van der Waals surface area contributed by atoms with Gasteiger partial charge in [-0.3, -0.25) is 14.9 Å². The van der Waals surface area contributed by atoms with Crippen molar-refractivity contribution >= 4 is 28.4 Å². The highest BCUT2D eigenvalue weighted by Gasteiger charge is 2.03. The molecule has 0 aliphatic carbocycles. The molecule has 1 aromatic carbocycles. The van der Waals surface area contributed by atoms with Crippen LogP contribution < -0.4 is 11.2 Å². The molecule has 1 aromatic heterocycles. The fourth-order valence-electron chi connectivity index (χ4n) is 1.39. The largest absolute Gasteiger partial charge is 0.322 e. The van der Waals surface area contributed by atoms with E-state index in [1.807, 2.05) is 18.2 Å². The fraction of sp³-hybridized carbons (Fsp3) is 0.100. The molecule has 1 amide bonds. The topological polar surface area (TPSA) is 60.1 Å². The molecule has 0 aliphatic heterocycles. The second-order valence-electron chi connectivity index (χ2n) is 3.13. The number of nitrogens with one attached hydrogen (secondary N) is 1. The van der Waals surface area contributed by atoms with Crippen LogP contribution in [0.2, 0.25) is 5.02 Å². The molecule has 0 aliphatic rings. The Balaban J connectivity index is 2.41. The minimum Gasteiger partial charge on any atom is -0.322 e. The Morgan fingerprint density at radius 2 is 2.27 bits per heavy atom. The van der Waals surface area contributed by atoms with Gasteiger partial charge < -0.3 is 5.73 Å². The van der Waals surface area contributed by atoms with Crippen molar-refractivity contribution in [2.45, 2.75) is 0 Å². The van der Waals surface area contributed by atoms with Gasteiger partial charge in [-0.05, 0) is 24.3 Å². The lowest BCUT2D eigenvalue weighted by molar-refractivity contribution is -0.115. The van der Waals surface area contributed by atoms with E-state index in [0.29, 0.717) is 5.02 Å². The minimum absolute atomic E-state index is 0.0345. The Labute approximate surface area is 91.6 Å². The van der Waals surface area contributed by atoms with Gasteiger partial charge in [-0.1, -0.05) is 11.6 Å². The van der Waals surface area contributed by atoms with Crippen molar-refractivity contribution in [1.82, 2.24) is 4.68 Å². The Bertz CT molecular complexity index is 506. The van der Waals surface area contributed by atoms with Gasteiger partial charge in [-0.2, -0.15) is 0 Å². The number of hydrogen-bond donors (Lipinski definition) is 2. The molecule has 15 heavy (non-hydrogen) atoms. The molecule has 0 saturated heterocycles. The number of fused-ring (bicyclic) bond motifs is 1. The maximum atomic E-state index is 11.1. The van der Waals surface area contributed by atoms with E-state index in [1.54, 1.807) is 16.9 Å². The van der Waals surface area contributed by atoms with Gasteiger partial charge in [0.25, 0.3) is 5.91 Å². The third-order valence-corrected chi connectivity index (χ3v) is 2.32. The van der Waals surface area contributed by atoms with Crippen molar-refractivity contribution in [3.8, 4) is 0 Å². The summed E-state index contributed by atoms with van der Waals surface area (Å²) < 4.78 is 1.63. The van der Waals surface area contributed by atoms with Gasteiger partial charge in [0.1, 0.15) is 0 Å². The highest BCUT2D eigenvalue weighted by Crippen LogP contribution is 2.19. The van der Waals surface area contributed by atoms with E-state index in [0.717, 1.165) is 10.9 Å². The number of halogens is 1. The van der Waals surface area contributed by atoms with Crippen LogP contribution in [-0.2, 0) is 4.79 Å². The zero-order valence-electron chi connectivity index (χ0n) is 7.90. The molecule has 0 saturated carbocycles. The average Bonchev–Trinajstić information content (AvgIpc) is 2.60. The van der Waals surface area contributed by atoms with Gasteiger partial charge in [-0.25, -0.2) is 0 Å². The van der Waals surface area contributed by atoms with Crippen molar-refractivity contribution < 1.29 is 4.79 Å². The number of amides is 1. The lowest BCUT2D eigenvalue weighted by Crippen LogP contribution is -2.28. The molecule has 0 unspecified atom stereocenters. The van der Waals surface area contributed by atoms with E-state index < -0.39 is 0 Å². The summed E-state index contributed by atoms with van der Waals surface area (Å²) in [4.78, 5) is 11.1. The molecule has 78 valence electrons. The van der Waals surface area contributed by atoms with E-state index in [-0.39, 0.29) is 12.5 Å². The van der Waals surface area contributed by atoms with Crippen LogP contribution in [0.5, 0.6) is 0 Å². The van der Waals surface area contributed by atoms with Crippen LogP contribution >= 0.6 is 11.6 Å². The predicted octanol–water partition coefficient (Wildman–Crippen LogP) is 1.32. The summed E-state index contributed by atoms with van der Waals surface area (Å²) in [6.45, 7) is -0.0345. The van der Waals surface area contributed by atoms with Gasteiger partial charge in [-0.15, -0.1) is 0 Å². The summed E-state index contributed by atoms with van der Waals surface area (Å²) in [5, 5.41) is 1.64. The number of benzene rings is 1. The second-order valence-corrected chi connectivity index (χ2v) is 3.56. The molecule has 0 atom stereocenters. The van der Waals surface area contributed by atoms with Crippen molar-refractivity contribution in [2.75, 3.05) is 12.0 Å². The standard InChI is InChI=1S/C10H10ClN3O/c11-8-1-2-9-7(5-8)3-4-14(9)13-10(15)6-12/h1-5H,6,12H2,(H,13,15). The first-order valence-electron chi connectivity index (χ1n) is 4.47. The van der Waals surface area contributed by atoms with E-state index in [1.165, 1.54) is 0 Å². The first-order valence-corrected chi connectivity index (χ1v) is 4.85. The van der Waals surface area contributed by atoms with Gasteiger partial charge >= 0.3 is 0 Å². The highest BCUT2D eigenvalue weighted by atomic mass is 35.5. The van der Waals surface area contributed by atoms with Crippen molar-refractivity contribution in [3.05, 3.63) is 35.5 Å².